The van der Waals surface area contributed by atoms with Crippen LogP contribution in [0.25, 0.3) is 0 Å². The maximum atomic E-state index is 12.8. The molecule has 5 nitrogen and oxygen atoms in total. The molecule has 0 radical (unpaired) electrons. The lowest BCUT2D eigenvalue weighted by Crippen LogP contribution is -2.43. The number of amides is 1. The molecule has 1 saturated heterocycles. The van der Waals surface area contributed by atoms with Gasteiger partial charge in [0, 0.05) is 23.2 Å². The first kappa shape index (κ1) is 20.0. The van der Waals surface area contributed by atoms with Gasteiger partial charge in [-0.15, -0.1) is 11.3 Å². The lowest BCUT2D eigenvalue weighted by molar-refractivity contribution is -0.120. The average Bonchev–Trinajstić information content (AvgIpc) is 3.05. The second kappa shape index (κ2) is 8.10. The summed E-state index contributed by atoms with van der Waals surface area (Å²) in [5.74, 6) is -0.493. The fourth-order valence-electron chi connectivity index (χ4n) is 2.94. The summed E-state index contributed by atoms with van der Waals surface area (Å²) >= 11 is 7.89. The highest BCUT2D eigenvalue weighted by atomic mass is 79.9. The smallest absolute Gasteiger partial charge is 0.252 e. The number of sulfonamides is 1. The third-order valence-corrected chi connectivity index (χ3v) is 8.79. The molecule has 140 valence electrons. The summed E-state index contributed by atoms with van der Waals surface area (Å²) in [6.07, 6.45) is 1.35. The molecule has 0 aliphatic carbocycles. The van der Waals surface area contributed by atoms with Crippen LogP contribution in [0, 0.1) is 12.8 Å². The topological polar surface area (TPSA) is 66.5 Å². The van der Waals surface area contributed by atoms with Crippen LogP contribution in [-0.4, -0.2) is 31.7 Å². The standard InChI is InChI=1S/C17H18Br2N2O3S2/c1-11-9-13(18)4-5-14(11)20-17(22)12-3-2-8-21(10-12)26(23,24)16-7-6-15(19)25-16/h4-7,9,12H,2-3,8,10H2,1H3,(H,20,22)/t12-/m1/s1. The van der Waals surface area contributed by atoms with Crippen molar-refractivity contribution in [1.82, 2.24) is 4.31 Å². The second-order valence-electron chi connectivity index (χ2n) is 6.21. The van der Waals surface area contributed by atoms with Gasteiger partial charge in [-0.3, -0.25) is 4.79 Å². The molecule has 0 unspecified atom stereocenters. The van der Waals surface area contributed by atoms with Crippen LogP contribution >= 0.6 is 43.2 Å². The molecule has 0 spiro atoms. The van der Waals surface area contributed by atoms with E-state index in [9.17, 15) is 13.2 Å². The second-order valence-corrected chi connectivity index (χ2v) is 11.8. The number of nitrogens with zero attached hydrogens (tertiary/aromatic N) is 1. The van der Waals surface area contributed by atoms with Crippen molar-refractivity contribution in [3.63, 3.8) is 0 Å². The predicted octanol–water partition coefficient (Wildman–Crippen LogP) is 4.62. The maximum absolute atomic E-state index is 12.8. The quantitative estimate of drug-likeness (QED) is 0.638. The van der Waals surface area contributed by atoms with Gasteiger partial charge in [-0.1, -0.05) is 15.9 Å². The minimum atomic E-state index is -3.56. The van der Waals surface area contributed by atoms with Crippen LogP contribution in [0.1, 0.15) is 18.4 Å². The monoisotopic (exact) mass is 520 g/mol. The highest BCUT2D eigenvalue weighted by Crippen LogP contribution is 2.31. The number of thiophene rings is 1. The van der Waals surface area contributed by atoms with E-state index >= 15 is 0 Å². The molecule has 26 heavy (non-hydrogen) atoms. The number of hydrogen-bond donors (Lipinski definition) is 1. The van der Waals surface area contributed by atoms with Gasteiger partial charge in [-0.25, -0.2) is 8.42 Å². The van der Waals surface area contributed by atoms with Crippen LogP contribution in [0.15, 0.2) is 42.8 Å². The van der Waals surface area contributed by atoms with Crippen LogP contribution < -0.4 is 5.32 Å². The molecule has 1 fully saturated rings. The Kier molecular flexibility index (Phi) is 6.23. The molecule has 9 heteroatoms. The highest BCUT2D eigenvalue weighted by molar-refractivity contribution is 9.11. The molecule has 1 N–H and O–H groups in total. The zero-order valence-electron chi connectivity index (χ0n) is 14.0. The first-order valence-electron chi connectivity index (χ1n) is 8.10. The van der Waals surface area contributed by atoms with Crippen molar-refractivity contribution in [2.45, 2.75) is 24.0 Å². The van der Waals surface area contributed by atoms with Gasteiger partial charge in [-0.05, 0) is 71.6 Å². The minimum Gasteiger partial charge on any atom is -0.326 e. The van der Waals surface area contributed by atoms with Gasteiger partial charge in [0.1, 0.15) is 4.21 Å². The van der Waals surface area contributed by atoms with Crippen molar-refractivity contribution in [3.8, 4) is 0 Å². The summed E-state index contributed by atoms with van der Waals surface area (Å²) < 4.78 is 29.0. The highest BCUT2D eigenvalue weighted by Gasteiger charge is 2.34. The summed E-state index contributed by atoms with van der Waals surface area (Å²) in [6.45, 7) is 2.57. The molecule has 1 aliphatic rings. The zero-order chi connectivity index (χ0) is 18.9. The molecule has 0 saturated carbocycles. The van der Waals surface area contributed by atoms with Crippen molar-refractivity contribution in [2.24, 2.45) is 5.92 Å². The number of carbonyl (C=O) groups excluding carboxylic acids is 1. The fourth-order valence-corrected chi connectivity index (χ4v) is 7.10. The number of benzene rings is 1. The number of carbonyl (C=O) groups is 1. The van der Waals surface area contributed by atoms with Gasteiger partial charge in [0.2, 0.25) is 5.91 Å². The Morgan fingerprint density at radius 3 is 2.69 bits per heavy atom. The predicted molar refractivity (Wildman–Crippen MR) is 111 cm³/mol. The average molecular weight is 522 g/mol. The maximum Gasteiger partial charge on any atom is 0.252 e. The normalized spacial score (nSPS) is 18.7. The SMILES string of the molecule is Cc1cc(Br)ccc1NC(=O)[C@@H]1CCCN(S(=O)(=O)c2ccc(Br)s2)C1. The van der Waals surface area contributed by atoms with Crippen LogP contribution in [0.3, 0.4) is 0 Å². The van der Waals surface area contributed by atoms with E-state index in [4.69, 9.17) is 0 Å². The molecule has 1 aromatic heterocycles. The van der Waals surface area contributed by atoms with E-state index in [2.05, 4.69) is 37.2 Å². The fraction of sp³-hybridized carbons (Fsp3) is 0.353. The molecule has 2 aromatic rings. The van der Waals surface area contributed by atoms with Gasteiger partial charge >= 0.3 is 0 Å². The lowest BCUT2D eigenvalue weighted by atomic mass is 9.98. The van der Waals surface area contributed by atoms with Crippen LogP contribution in [0.4, 0.5) is 5.69 Å². The Morgan fingerprint density at radius 1 is 1.27 bits per heavy atom. The minimum absolute atomic E-state index is 0.136. The Bertz CT molecular complexity index is 928. The molecule has 2 heterocycles. The number of halogens is 2. The van der Waals surface area contributed by atoms with Gasteiger partial charge in [0.15, 0.2) is 0 Å². The van der Waals surface area contributed by atoms with Crippen molar-refractivity contribution in [1.29, 1.82) is 0 Å². The van der Waals surface area contributed by atoms with Gasteiger partial charge < -0.3 is 5.32 Å². The van der Waals surface area contributed by atoms with Gasteiger partial charge in [0.25, 0.3) is 10.0 Å². The molecule has 1 atom stereocenters. The Balaban J connectivity index is 1.72. The number of piperidine rings is 1. The molecular formula is C17H18Br2N2O3S2. The van der Waals surface area contributed by atoms with E-state index in [0.717, 1.165) is 19.5 Å². The molecular weight excluding hydrogens is 504 g/mol. The van der Waals surface area contributed by atoms with Crippen molar-refractivity contribution in [3.05, 3.63) is 44.2 Å². The number of aryl methyl sites for hydroxylation is 1. The summed E-state index contributed by atoms with van der Waals surface area (Å²) in [6, 6.07) is 8.97. The lowest BCUT2D eigenvalue weighted by Gasteiger charge is -2.30. The van der Waals surface area contributed by atoms with E-state index < -0.39 is 10.0 Å². The van der Waals surface area contributed by atoms with E-state index in [1.807, 2.05) is 25.1 Å². The van der Waals surface area contributed by atoms with Crippen LogP contribution in [0.5, 0.6) is 0 Å². The summed E-state index contributed by atoms with van der Waals surface area (Å²) in [5, 5.41) is 2.94. The van der Waals surface area contributed by atoms with E-state index in [1.165, 1.54) is 15.6 Å². The Hall–Kier alpha value is -0.740. The van der Waals surface area contributed by atoms with Gasteiger partial charge in [0.05, 0.1) is 9.70 Å². The van der Waals surface area contributed by atoms with E-state index in [1.54, 1.807) is 12.1 Å². The number of hydrogen-bond acceptors (Lipinski definition) is 4. The first-order valence-corrected chi connectivity index (χ1v) is 11.9. The first-order chi connectivity index (χ1) is 12.3. The van der Waals surface area contributed by atoms with Gasteiger partial charge in [-0.2, -0.15) is 4.31 Å². The Labute approximate surface area is 174 Å². The number of anilines is 1. The largest absolute Gasteiger partial charge is 0.326 e. The zero-order valence-corrected chi connectivity index (χ0v) is 18.8. The van der Waals surface area contributed by atoms with Crippen LogP contribution in [-0.2, 0) is 14.8 Å². The van der Waals surface area contributed by atoms with Crippen molar-refractivity contribution >= 4 is 64.8 Å². The third kappa shape index (κ3) is 4.39. The van der Waals surface area contributed by atoms with Crippen molar-refractivity contribution < 1.29 is 13.2 Å². The van der Waals surface area contributed by atoms with Crippen LogP contribution in [0.2, 0.25) is 0 Å². The van der Waals surface area contributed by atoms with Crippen molar-refractivity contribution in [2.75, 3.05) is 18.4 Å². The molecule has 3 rings (SSSR count). The third-order valence-electron chi connectivity index (χ3n) is 4.34. The summed E-state index contributed by atoms with van der Waals surface area (Å²) in [5.41, 5.74) is 1.71. The number of rotatable bonds is 4. The summed E-state index contributed by atoms with van der Waals surface area (Å²) in [4.78, 5) is 12.7. The molecule has 1 amide bonds. The summed E-state index contributed by atoms with van der Waals surface area (Å²) in [7, 11) is -3.56. The molecule has 1 aromatic carbocycles. The van der Waals surface area contributed by atoms with E-state index in [-0.39, 0.29) is 18.4 Å². The Morgan fingerprint density at radius 2 is 2.04 bits per heavy atom. The molecule has 0 bridgehead atoms. The number of nitrogens with one attached hydrogen (secondary N) is 1. The van der Waals surface area contributed by atoms with E-state index in [0.29, 0.717) is 23.6 Å². The molecule has 1 aliphatic heterocycles.